The number of halogens is 3. The van der Waals surface area contributed by atoms with E-state index in [4.69, 9.17) is 23.2 Å². The summed E-state index contributed by atoms with van der Waals surface area (Å²) in [5.41, 5.74) is -0.0391. The van der Waals surface area contributed by atoms with E-state index < -0.39 is 11.7 Å². The Hall–Kier alpha value is -0.800. The van der Waals surface area contributed by atoms with Crippen LogP contribution in [0.4, 0.5) is 4.39 Å². The summed E-state index contributed by atoms with van der Waals surface area (Å²) in [6.45, 7) is 3.96. The highest BCUT2D eigenvalue weighted by atomic mass is 35.5. The van der Waals surface area contributed by atoms with Gasteiger partial charge in [0.25, 0.3) is 5.91 Å². The molecular formula is C13H16Cl2FNO. The third-order valence-electron chi connectivity index (χ3n) is 2.74. The Labute approximate surface area is 116 Å². The first kappa shape index (κ1) is 15.3. The van der Waals surface area contributed by atoms with E-state index in [1.54, 1.807) is 6.07 Å². The summed E-state index contributed by atoms with van der Waals surface area (Å²) >= 11 is 11.3. The summed E-state index contributed by atoms with van der Waals surface area (Å²) in [4.78, 5) is 12.0. The van der Waals surface area contributed by atoms with Crippen LogP contribution in [-0.4, -0.2) is 17.8 Å². The van der Waals surface area contributed by atoms with Crippen molar-refractivity contribution in [3.8, 4) is 0 Å². The van der Waals surface area contributed by atoms with E-state index in [0.29, 0.717) is 12.3 Å². The molecule has 0 aromatic heterocycles. The van der Waals surface area contributed by atoms with Crippen LogP contribution >= 0.6 is 23.2 Å². The topological polar surface area (TPSA) is 29.1 Å². The zero-order valence-electron chi connectivity index (χ0n) is 10.3. The Kier molecular flexibility index (Phi) is 5.89. The Morgan fingerprint density at radius 1 is 1.44 bits per heavy atom. The molecule has 0 saturated heterocycles. The number of alkyl halides is 1. The van der Waals surface area contributed by atoms with Crippen LogP contribution in [0.15, 0.2) is 18.2 Å². The van der Waals surface area contributed by atoms with Crippen molar-refractivity contribution >= 4 is 29.1 Å². The lowest BCUT2D eigenvalue weighted by Crippen LogP contribution is -2.39. The van der Waals surface area contributed by atoms with Crippen LogP contribution in [0.1, 0.15) is 30.6 Å². The van der Waals surface area contributed by atoms with Gasteiger partial charge in [0.2, 0.25) is 0 Å². The van der Waals surface area contributed by atoms with Crippen molar-refractivity contribution in [1.82, 2.24) is 5.32 Å². The second-order valence-electron chi connectivity index (χ2n) is 4.40. The second-order valence-corrected chi connectivity index (χ2v) is 5.19. The molecule has 1 N–H and O–H groups in total. The Bertz CT molecular complexity index is 423. The lowest BCUT2D eigenvalue weighted by molar-refractivity contribution is 0.0921. The Balaban J connectivity index is 2.84. The van der Waals surface area contributed by atoms with E-state index in [9.17, 15) is 9.18 Å². The SMILES string of the molecule is CC(C)C(CCCl)NC(=O)c1cccc(Cl)c1F. The summed E-state index contributed by atoms with van der Waals surface area (Å²) in [6.07, 6.45) is 0.646. The van der Waals surface area contributed by atoms with E-state index in [0.717, 1.165) is 0 Å². The fraction of sp³-hybridized carbons (Fsp3) is 0.462. The van der Waals surface area contributed by atoms with Gasteiger partial charge in [0.1, 0.15) is 0 Å². The van der Waals surface area contributed by atoms with Gasteiger partial charge in [-0.25, -0.2) is 4.39 Å². The van der Waals surface area contributed by atoms with Crippen LogP contribution in [0.2, 0.25) is 5.02 Å². The van der Waals surface area contributed by atoms with Crippen LogP contribution in [0.3, 0.4) is 0 Å². The number of hydrogen-bond acceptors (Lipinski definition) is 1. The minimum absolute atomic E-state index is 0.0391. The molecule has 0 aliphatic rings. The fourth-order valence-electron chi connectivity index (χ4n) is 1.62. The first-order valence-corrected chi connectivity index (χ1v) is 6.69. The number of carbonyl (C=O) groups is 1. The van der Waals surface area contributed by atoms with E-state index >= 15 is 0 Å². The summed E-state index contributed by atoms with van der Waals surface area (Å²) in [5, 5.41) is 2.73. The van der Waals surface area contributed by atoms with Crippen LogP contribution in [0, 0.1) is 11.7 Å². The monoisotopic (exact) mass is 291 g/mol. The van der Waals surface area contributed by atoms with Gasteiger partial charge in [-0.3, -0.25) is 4.79 Å². The van der Waals surface area contributed by atoms with Gasteiger partial charge < -0.3 is 5.32 Å². The maximum atomic E-state index is 13.7. The molecule has 1 aromatic carbocycles. The van der Waals surface area contributed by atoms with Gasteiger partial charge in [-0.2, -0.15) is 0 Å². The van der Waals surface area contributed by atoms with Crippen LogP contribution in [0.25, 0.3) is 0 Å². The first-order valence-electron chi connectivity index (χ1n) is 5.78. The minimum atomic E-state index is -0.690. The first-order chi connectivity index (χ1) is 8.47. The smallest absolute Gasteiger partial charge is 0.254 e. The fourth-order valence-corrected chi connectivity index (χ4v) is 2.02. The Morgan fingerprint density at radius 2 is 2.11 bits per heavy atom. The third kappa shape index (κ3) is 3.85. The lowest BCUT2D eigenvalue weighted by atomic mass is 10.0. The number of hydrogen-bond donors (Lipinski definition) is 1. The lowest BCUT2D eigenvalue weighted by Gasteiger charge is -2.21. The molecule has 0 saturated carbocycles. The molecule has 0 radical (unpaired) electrons. The molecule has 0 spiro atoms. The molecular weight excluding hydrogens is 276 g/mol. The molecule has 0 fully saturated rings. The van der Waals surface area contributed by atoms with E-state index in [-0.39, 0.29) is 22.5 Å². The minimum Gasteiger partial charge on any atom is -0.349 e. The molecule has 0 aliphatic heterocycles. The number of benzene rings is 1. The number of carbonyl (C=O) groups excluding carboxylic acids is 1. The maximum Gasteiger partial charge on any atom is 0.254 e. The van der Waals surface area contributed by atoms with E-state index in [1.165, 1.54) is 12.1 Å². The molecule has 1 unspecified atom stereocenters. The highest BCUT2D eigenvalue weighted by Crippen LogP contribution is 2.18. The van der Waals surface area contributed by atoms with Crippen LogP contribution in [0.5, 0.6) is 0 Å². The highest BCUT2D eigenvalue weighted by molar-refractivity contribution is 6.31. The van der Waals surface area contributed by atoms with Crippen molar-refractivity contribution in [2.45, 2.75) is 26.3 Å². The normalized spacial score (nSPS) is 12.6. The summed E-state index contributed by atoms with van der Waals surface area (Å²) < 4.78 is 13.7. The third-order valence-corrected chi connectivity index (χ3v) is 3.25. The van der Waals surface area contributed by atoms with Crippen molar-refractivity contribution < 1.29 is 9.18 Å². The van der Waals surface area contributed by atoms with Gasteiger partial charge in [-0.15, -0.1) is 11.6 Å². The summed E-state index contributed by atoms with van der Waals surface area (Å²) in [6, 6.07) is 4.29. The summed E-state index contributed by atoms with van der Waals surface area (Å²) in [7, 11) is 0. The largest absolute Gasteiger partial charge is 0.349 e. The molecule has 0 bridgehead atoms. The maximum absolute atomic E-state index is 13.7. The van der Waals surface area contributed by atoms with Crippen molar-refractivity contribution in [1.29, 1.82) is 0 Å². The molecule has 2 nitrogen and oxygen atoms in total. The van der Waals surface area contributed by atoms with E-state index in [1.807, 2.05) is 13.8 Å². The van der Waals surface area contributed by atoms with Gasteiger partial charge in [-0.1, -0.05) is 31.5 Å². The van der Waals surface area contributed by atoms with Gasteiger partial charge in [0.15, 0.2) is 5.82 Å². The number of nitrogens with one attached hydrogen (secondary N) is 1. The second kappa shape index (κ2) is 6.95. The molecule has 100 valence electrons. The van der Waals surface area contributed by atoms with Gasteiger partial charge >= 0.3 is 0 Å². The zero-order valence-corrected chi connectivity index (χ0v) is 11.9. The highest BCUT2D eigenvalue weighted by Gasteiger charge is 2.19. The number of rotatable bonds is 5. The summed E-state index contributed by atoms with van der Waals surface area (Å²) in [5.74, 6) is -0.472. The van der Waals surface area contributed by atoms with E-state index in [2.05, 4.69) is 5.32 Å². The van der Waals surface area contributed by atoms with Gasteiger partial charge in [0.05, 0.1) is 10.6 Å². The van der Waals surface area contributed by atoms with Crippen molar-refractivity contribution in [2.24, 2.45) is 5.92 Å². The molecule has 1 aromatic rings. The van der Waals surface area contributed by atoms with Gasteiger partial charge in [-0.05, 0) is 24.5 Å². The number of amides is 1. The molecule has 1 rings (SSSR count). The average Bonchev–Trinajstić information content (AvgIpc) is 2.31. The van der Waals surface area contributed by atoms with Gasteiger partial charge in [0, 0.05) is 11.9 Å². The van der Waals surface area contributed by atoms with Crippen molar-refractivity contribution in [2.75, 3.05) is 5.88 Å². The standard InChI is InChI=1S/C13H16Cl2FNO/c1-8(2)11(6-7-14)17-13(18)9-4-3-5-10(15)12(9)16/h3-5,8,11H,6-7H2,1-2H3,(H,17,18). The Morgan fingerprint density at radius 3 is 2.67 bits per heavy atom. The zero-order chi connectivity index (χ0) is 13.7. The predicted molar refractivity (Wildman–Crippen MR) is 72.8 cm³/mol. The quantitative estimate of drug-likeness (QED) is 0.820. The molecule has 5 heteroatoms. The predicted octanol–water partition coefficient (Wildman–Crippen LogP) is 3.86. The van der Waals surface area contributed by atoms with Crippen molar-refractivity contribution in [3.05, 3.63) is 34.6 Å². The molecule has 1 amide bonds. The molecule has 0 heterocycles. The van der Waals surface area contributed by atoms with Crippen LogP contribution < -0.4 is 5.32 Å². The molecule has 18 heavy (non-hydrogen) atoms. The molecule has 1 atom stereocenters. The van der Waals surface area contributed by atoms with Crippen molar-refractivity contribution in [3.63, 3.8) is 0 Å². The average molecular weight is 292 g/mol. The molecule has 0 aliphatic carbocycles. The van der Waals surface area contributed by atoms with Crippen LogP contribution in [-0.2, 0) is 0 Å².